The van der Waals surface area contributed by atoms with Crippen molar-refractivity contribution in [1.29, 1.82) is 0 Å². The Balaban J connectivity index is 2.62. The zero-order valence-corrected chi connectivity index (χ0v) is 12.4. The molecule has 0 spiro atoms. The Morgan fingerprint density at radius 1 is 1.59 bits per heavy atom. The van der Waals surface area contributed by atoms with Crippen molar-refractivity contribution in [3.63, 3.8) is 0 Å². The lowest BCUT2D eigenvalue weighted by molar-refractivity contribution is -0.119. The largest absolute Gasteiger partial charge is 0.384 e. The van der Waals surface area contributed by atoms with Crippen molar-refractivity contribution in [2.24, 2.45) is 13.0 Å². The molecule has 0 aliphatic heterocycles. The van der Waals surface area contributed by atoms with Crippen molar-refractivity contribution >= 4 is 21.7 Å². The minimum atomic E-state index is 0.221. The van der Waals surface area contributed by atoms with E-state index >= 15 is 0 Å². The highest BCUT2D eigenvalue weighted by Gasteiger charge is 2.16. The van der Waals surface area contributed by atoms with E-state index in [9.17, 15) is 4.79 Å². The van der Waals surface area contributed by atoms with E-state index in [0.717, 1.165) is 15.9 Å². The van der Waals surface area contributed by atoms with Gasteiger partial charge in [-0.15, -0.1) is 0 Å². The predicted molar refractivity (Wildman–Crippen MR) is 70.0 cm³/mol. The summed E-state index contributed by atoms with van der Waals surface area (Å²) in [5.41, 5.74) is 1.86. The average Bonchev–Trinajstić information content (AvgIpc) is 2.45. The monoisotopic (exact) mass is 302 g/mol. The minimum Gasteiger partial charge on any atom is -0.384 e. The van der Waals surface area contributed by atoms with Gasteiger partial charge in [-0.3, -0.25) is 9.48 Å². The molecule has 17 heavy (non-hydrogen) atoms. The summed E-state index contributed by atoms with van der Waals surface area (Å²) in [6.07, 6.45) is 0.969. The number of hydrogen-bond acceptors (Lipinski definition) is 3. The first-order valence-electron chi connectivity index (χ1n) is 5.64. The van der Waals surface area contributed by atoms with E-state index in [1.165, 1.54) is 0 Å². The summed E-state index contributed by atoms with van der Waals surface area (Å²) in [5.74, 6) is 0.485. The molecule has 5 heteroatoms. The van der Waals surface area contributed by atoms with E-state index < -0.39 is 0 Å². The first-order chi connectivity index (χ1) is 7.95. The highest BCUT2D eigenvalue weighted by Crippen LogP contribution is 2.21. The zero-order valence-electron chi connectivity index (χ0n) is 10.8. The van der Waals surface area contributed by atoms with E-state index in [4.69, 9.17) is 4.74 Å². The number of carbonyl (C=O) groups is 1. The van der Waals surface area contributed by atoms with Crippen molar-refractivity contribution in [3.8, 4) is 0 Å². The van der Waals surface area contributed by atoms with Crippen LogP contribution in [0.5, 0.6) is 0 Å². The molecule has 1 rings (SSSR count). The first kappa shape index (κ1) is 14.4. The number of aryl methyl sites for hydroxylation is 2. The van der Waals surface area contributed by atoms with Gasteiger partial charge in [-0.2, -0.15) is 5.10 Å². The van der Waals surface area contributed by atoms with Gasteiger partial charge in [-0.05, 0) is 28.8 Å². The van der Waals surface area contributed by atoms with Gasteiger partial charge in [-0.25, -0.2) is 0 Å². The first-order valence-corrected chi connectivity index (χ1v) is 6.43. The molecule has 0 fully saturated rings. The number of rotatable bonds is 6. The second-order valence-corrected chi connectivity index (χ2v) is 5.24. The van der Waals surface area contributed by atoms with Crippen LogP contribution >= 0.6 is 15.9 Å². The fraction of sp³-hybridized carbons (Fsp3) is 0.667. The fourth-order valence-electron chi connectivity index (χ4n) is 1.86. The number of hydrogen-bond donors (Lipinski definition) is 0. The Bertz CT molecular complexity index is 401. The SMILES string of the molecule is COCC(C)CC(=O)Cc1c(Br)c(C)nn1C. The molecule has 0 amide bonds. The maximum absolute atomic E-state index is 11.9. The van der Waals surface area contributed by atoms with Crippen LogP contribution in [0.25, 0.3) is 0 Å². The van der Waals surface area contributed by atoms with Gasteiger partial charge in [-0.1, -0.05) is 6.92 Å². The summed E-state index contributed by atoms with van der Waals surface area (Å²) >= 11 is 3.47. The smallest absolute Gasteiger partial charge is 0.139 e. The van der Waals surface area contributed by atoms with Gasteiger partial charge in [0, 0.05) is 33.6 Å². The number of nitrogens with zero attached hydrogens (tertiary/aromatic N) is 2. The Hall–Kier alpha value is -0.680. The summed E-state index contributed by atoms with van der Waals surface area (Å²) in [4.78, 5) is 11.9. The van der Waals surface area contributed by atoms with Gasteiger partial charge >= 0.3 is 0 Å². The van der Waals surface area contributed by atoms with E-state index in [1.807, 2.05) is 20.9 Å². The molecule has 96 valence electrons. The van der Waals surface area contributed by atoms with E-state index in [0.29, 0.717) is 19.4 Å². The maximum atomic E-state index is 11.9. The normalized spacial score (nSPS) is 12.8. The standard InChI is InChI=1S/C12H19BrN2O2/c1-8(7-17-4)5-10(16)6-11-12(13)9(2)14-15(11)3/h8H,5-7H2,1-4H3. The summed E-state index contributed by atoms with van der Waals surface area (Å²) in [6, 6.07) is 0. The summed E-state index contributed by atoms with van der Waals surface area (Å²) < 4.78 is 7.73. The average molecular weight is 303 g/mol. The Kier molecular flexibility index (Phi) is 5.33. The van der Waals surface area contributed by atoms with Crippen molar-refractivity contribution in [2.75, 3.05) is 13.7 Å². The molecule has 0 saturated carbocycles. The molecule has 0 radical (unpaired) electrons. The fourth-order valence-corrected chi connectivity index (χ4v) is 2.34. The van der Waals surface area contributed by atoms with Crippen LogP contribution in [0.1, 0.15) is 24.7 Å². The van der Waals surface area contributed by atoms with E-state index in [-0.39, 0.29) is 11.7 Å². The molecular formula is C12H19BrN2O2. The molecule has 0 saturated heterocycles. The van der Waals surface area contributed by atoms with Crippen LogP contribution in [0, 0.1) is 12.8 Å². The molecule has 0 bridgehead atoms. The van der Waals surface area contributed by atoms with E-state index in [1.54, 1.807) is 11.8 Å². The predicted octanol–water partition coefficient (Wildman–Crippen LogP) is 2.28. The van der Waals surface area contributed by atoms with Gasteiger partial charge in [0.05, 0.1) is 15.9 Å². The molecule has 0 aromatic carbocycles. The summed E-state index contributed by atoms with van der Waals surface area (Å²) in [6.45, 7) is 4.56. The van der Waals surface area contributed by atoms with Crippen LogP contribution in [0.4, 0.5) is 0 Å². The number of halogens is 1. The highest BCUT2D eigenvalue weighted by molar-refractivity contribution is 9.10. The molecule has 0 aliphatic carbocycles. The third kappa shape index (κ3) is 3.92. The molecule has 0 aliphatic rings. The third-order valence-corrected chi connectivity index (χ3v) is 3.69. The van der Waals surface area contributed by atoms with Gasteiger partial charge in [0.2, 0.25) is 0 Å². The van der Waals surface area contributed by atoms with Gasteiger partial charge in [0.25, 0.3) is 0 Å². The molecule has 0 N–H and O–H groups in total. The summed E-state index contributed by atoms with van der Waals surface area (Å²) in [7, 11) is 3.51. The number of ether oxygens (including phenoxy) is 1. The number of ketones is 1. The van der Waals surface area contributed by atoms with Crippen LogP contribution in [0.2, 0.25) is 0 Å². The van der Waals surface area contributed by atoms with Crippen LogP contribution in [-0.2, 0) is 23.0 Å². The number of methoxy groups -OCH3 is 1. The molecule has 1 aromatic heterocycles. The van der Waals surface area contributed by atoms with Gasteiger partial charge in [0.15, 0.2) is 0 Å². The topological polar surface area (TPSA) is 44.1 Å². The van der Waals surface area contributed by atoms with Crippen LogP contribution in [-0.4, -0.2) is 29.3 Å². The molecule has 1 atom stereocenters. The van der Waals surface area contributed by atoms with Gasteiger partial charge < -0.3 is 4.74 Å². The van der Waals surface area contributed by atoms with Crippen LogP contribution in [0.15, 0.2) is 4.47 Å². The molecule has 1 unspecified atom stereocenters. The number of Topliss-reactive ketones (excluding diaryl/α,β-unsaturated/α-hetero) is 1. The van der Waals surface area contributed by atoms with E-state index in [2.05, 4.69) is 21.0 Å². The Morgan fingerprint density at radius 3 is 2.71 bits per heavy atom. The van der Waals surface area contributed by atoms with Crippen LogP contribution in [0.3, 0.4) is 0 Å². The van der Waals surface area contributed by atoms with Gasteiger partial charge in [0.1, 0.15) is 5.78 Å². The molecule has 4 nitrogen and oxygen atoms in total. The molecule has 1 aromatic rings. The van der Waals surface area contributed by atoms with Crippen molar-refractivity contribution in [2.45, 2.75) is 26.7 Å². The van der Waals surface area contributed by atoms with Crippen LogP contribution < -0.4 is 0 Å². The Morgan fingerprint density at radius 2 is 2.24 bits per heavy atom. The second-order valence-electron chi connectivity index (χ2n) is 4.45. The van der Waals surface area contributed by atoms with Crippen molar-refractivity contribution in [1.82, 2.24) is 9.78 Å². The minimum absolute atomic E-state index is 0.221. The summed E-state index contributed by atoms with van der Waals surface area (Å²) in [5, 5.41) is 4.27. The Labute approximate surface area is 110 Å². The van der Waals surface area contributed by atoms with Crippen molar-refractivity contribution < 1.29 is 9.53 Å². The third-order valence-electron chi connectivity index (χ3n) is 2.65. The lowest BCUT2D eigenvalue weighted by atomic mass is 10.0. The van der Waals surface area contributed by atoms with Crippen molar-refractivity contribution in [3.05, 3.63) is 15.9 Å². The molecule has 1 heterocycles. The maximum Gasteiger partial charge on any atom is 0.139 e. The highest BCUT2D eigenvalue weighted by atomic mass is 79.9. The second kappa shape index (κ2) is 6.31. The zero-order chi connectivity index (χ0) is 13.0. The number of aromatic nitrogens is 2. The lowest BCUT2D eigenvalue weighted by Gasteiger charge is -2.09. The quantitative estimate of drug-likeness (QED) is 0.810. The number of carbonyl (C=O) groups excluding carboxylic acids is 1. The molecular weight excluding hydrogens is 284 g/mol. The lowest BCUT2D eigenvalue weighted by Crippen LogP contribution is -2.14.